The summed E-state index contributed by atoms with van der Waals surface area (Å²) in [5.74, 6) is -2.38. The molecule has 2 N–H and O–H groups in total. The first-order valence-electron chi connectivity index (χ1n) is 18.0. The van der Waals surface area contributed by atoms with Gasteiger partial charge in [-0.15, -0.1) is 0 Å². The van der Waals surface area contributed by atoms with Crippen LogP contribution in [0.1, 0.15) is 91.2 Å². The molecule has 0 aromatic heterocycles. The molecule has 13 heteroatoms. The van der Waals surface area contributed by atoms with Crippen LogP contribution in [0, 0.1) is 11.8 Å². The van der Waals surface area contributed by atoms with E-state index in [1.54, 1.807) is 102 Å². The van der Waals surface area contributed by atoms with Crippen LogP contribution in [0.5, 0.6) is 0 Å². The number of likely N-dealkylation sites (tertiary alicyclic amines) is 2. The highest BCUT2D eigenvalue weighted by Gasteiger charge is 2.40. The van der Waals surface area contributed by atoms with Crippen LogP contribution in [-0.2, 0) is 28.5 Å². The average molecular weight is 723 g/mol. The minimum Gasteiger partial charge on any atom is -0.466 e. The van der Waals surface area contributed by atoms with E-state index in [1.807, 2.05) is 12.1 Å². The minimum absolute atomic E-state index is 0.243. The Morgan fingerprint density at radius 3 is 1.38 bits per heavy atom. The highest BCUT2D eigenvalue weighted by Crippen LogP contribution is 2.37. The third-order valence-electron chi connectivity index (χ3n) is 8.85. The van der Waals surface area contributed by atoms with Crippen molar-refractivity contribution in [1.82, 2.24) is 9.80 Å². The zero-order chi connectivity index (χ0) is 38.2. The maximum atomic E-state index is 13.3. The van der Waals surface area contributed by atoms with Gasteiger partial charge in [-0.3, -0.25) is 9.59 Å². The van der Waals surface area contributed by atoms with Crippen LogP contribution in [0.25, 0.3) is 0 Å². The van der Waals surface area contributed by atoms with Gasteiger partial charge >= 0.3 is 30.2 Å². The number of hydrogen-bond donors (Lipinski definition) is 2. The Bertz CT molecular complexity index is 1480. The van der Waals surface area contributed by atoms with Crippen molar-refractivity contribution in [3.8, 4) is 0 Å². The molecule has 0 unspecified atom stereocenters. The molecule has 2 aromatic carbocycles. The summed E-state index contributed by atoms with van der Waals surface area (Å²) in [5, 5.41) is 5.75. The second kappa shape index (κ2) is 17.1. The molecule has 52 heavy (non-hydrogen) atoms. The lowest BCUT2D eigenvalue weighted by atomic mass is 9.80. The standard InChI is InChI=1S/C39H54N4O9/c1-9-49-33(44)29-17-19-42(36(47)51-38(3,4)5)23-31(29)25-13-11-15-27(21-25)40-35(46)41-28-16-12-14-26(22-28)32-24-43(37(48)52-39(6,7)8)20-18-30(32)34(45)50-10-2/h11-16,21-22,29-32H,9-10,17-20,23-24H2,1-8H3,(H2,40,41,46)/t29-,30-,31+,32+/m1/s1. The lowest BCUT2D eigenvalue weighted by molar-refractivity contribution is -0.151. The first-order valence-corrected chi connectivity index (χ1v) is 18.0. The van der Waals surface area contributed by atoms with Gasteiger partial charge in [-0.05, 0) is 104 Å². The predicted molar refractivity (Wildman–Crippen MR) is 196 cm³/mol. The van der Waals surface area contributed by atoms with Crippen molar-refractivity contribution in [2.45, 2.75) is 91.3 Å². The third-order valence-corrected chi connectivity index (χ3v) is 8.85. The number of amides is 4. The summed E-state index contributed by atoms with van der Waals surface area (Å²) in [7, 11) is 0. The molecule has 2 aliphatic rings. The van der Waals surface area contributed by atoms with Crippen LogP contribution in [0.4, 0.5) is 25.8 Å². The second-order valence-electron chi connectivity index (χ2n) is 15.2. The topological polar surface area (TPSA) is 153 Å². The fourth-order valence-electron chi connectivity index (χ4n) is 6.61. The van der Waals surface area contributed by atoms with Gasteiger partial charge in [0, 0.05) is 49.4 Å². The molecule has 0 aliphatic carbocycles. The van der Waals surface area contributed by atoms with E-state index in [9.17, 15) is 24.0 Å². The lowest BCUT2D eigenvalue weighted by Gasteiger charge is -2.38. The van der Waals surface area contributed by atoms with E-state index >= 15 is 0 Å². The Hall–Kier alpha value is -4.81. The fraction of sp³-hybridized carbons (Fsp3) is 0.564. The first-order chi connectivity index (χ1) is 24.5. The average Bonchev–Trinajstić information content (AvgIpc) is 3.06. The van der Waals surface area contributed by atoms with E-state index in [0.29, 0.717) is 37.3 Å². The summed E-state index contributed by atoms with van der Waals surface area (Å²) in [6.45, 7) is 16.1. The van der Waals surface area contributed by atoms with Gasteiger partial charge in [0.25, 0.3) is 0 Å². The number of anilines is 2. The maximum Gasteiger partial charge on any atom is 0.410 e. The molecule has 4 atom stereocenters. The van der Waals surface area contributed by atoms with Crippen molar-refractivity contribution >= 4 is 41.5 Å². The molecule has 2 saturated heterocycles. The Morgan fingerprint density at radius 1 is 0.654 bits per heavy atom. The van der Waals surface area contributed by atoms with Crippen LogP contribution < -0.4 is 10.6 Å². The van der Waals surface area contributed by atoms with Crippen molar-refractivity contribution in [3.63, 3.8) is 0 Å². The molecule has 284 valence electrons. The number of rotatable bonds is 8. The molecule has 2 aromatic rings. The largest absolute Gasteiger partial charge is 0.466 e. The molecule has 2 fully saturated rings. The smallest absolute Gasteiger partial charge is 0.410 e. The van der Waals surface area contributed by atoms with Gasteiger partial charge < -0.3 is 39.4 Å². The molecule has 4 rings (SSSR count). The van der Waals surface area contributed by atoms with Crippen molar-refractivity contribution in [3.05, 3.63) is 59.7 Å². The van der Waals surface area contributed by atoms with Crippen molar-refractivity contribution in [2.24, 2.45) is 11.8 Å². The van der Waals surface area contributed by atoms with E-state index in [-0.39, 0.29) is 50.1 Å². The Morgan fingerprint density at radius 2 is 1.04 bits per heavy atom. The van der Waals surface area contributed by atoms with Crippen LogP contribution in [0.2, 0.25) is 0 Å². The number of piperidine rings is 2. The van der Waals surface area contributed by atoms with Gasteiger partial charge in [0.1, 0.15) is 11.2 Å². The molecule has 0 saturated carbocycles. The number of hydrogen-bond acceptors (Lipinski definition) is 9. The third kappa shape index (κ3) is 11.1. The molecule has 0 spiro atoms. The summed E-state index contributed by atoms with van der Waals surface area (Å²) in [5.41, 5.74) is 1.18. The zero-order valence-corrected chi connectivity index (χ0v) is 31.7. The van der Waals surface area contributed by atoms with Gasteiger partial charge in [-0.1, -0.05) is 24.3 Å². The first kappa shape index (κ1) is 40.0. The highest BCUT2D eigenvalue weighted by molar-refractivity contribution is 5.99. The van der Waals surface area contributed by atoms with Crippen LogP contribution in [0.15, 0.2) is 48.5 Å². The molecule has 2 aliphatic heterocycles. The summed E-state index contributed by atoms with van der Waals surface area (Å²) < 4.78 is 22.0. The van der Waals surface area contributed by atoms with Gasteiger partial charge in [0.2, 0.25) is 0 Å². The maximum absolute atomic E-state index is 13.3. The van der Waals surface area contributed by atoms with Crippen molar-refractivity contribution in [2.75, 3.05) is 50.0 Å². The van der Waals surface area contributed by atoms with Crippen molar-refractivity contribution in [1.29, 1.82) is 0 Å². The van der Waals surface area contributed by atoms with E-state index < -0.39 is 41.3 Å². The molecule has 13 nitrogen and oxygen atoms in total. The number of carbonyl (C=O) groups excluding carboxylic acids is 5. The van der Waals surface area contributed by atoms with Gasteiger partial charge in [-0.25, -0.2) is 14.4 Å². The molecular weight excluding hydrogens is 668 g/mol. The summed E-state index contributed by atoms with van der Waals surface area (Å²) >= 11 is 0. The fourth-order valence-corrected chi connectivity index (χ4v) is 6.61. The number of benzene rings is 2. The number of urea groups is 1. The van der Waals surface area contributed by atoms with E-state index in [0.717, 1.165) is 11.1 Å². The Labute approximate surface area is 306 Å². The molecule has 0 bridgehead atoms. The van der Waals surface area contributed by atoms with Crippen LogP contribution in [-0.4, -0.2) is 90.6 Å². The number of nitrogens with one attached hydrogen (secondary N) is 2. The quantitative estimate of drug-likeness (QED) is 0.214. The monoisotopic (exact) mass is 722 g/mol. The van der Waals surface area contributed by atoms with E-state index in [4.69, 9.17) is 18.9 Å². The Balaban J connectivity index is 1.51. The number of carbonyl (C=O) groups is 5. The number of esters is 2. The van der Waals surface area contributed by atoms with E-state index in [1.165, 1.54) is 0 Å². The van der Waals surface area contributed by atoms with Gasteiger partial charge in [-0.2, -0.15) is 0 Å². The lowest BCUT2D eigenvalue weighted by Crippen LogP contribution is -2.47. The predicted octanol–water partition coefficient (Wildman–Crippen LogP) is 7.14. The zero-order valence-electron chi connectivity index (χ0n) is 31.7. The second-order valence-corrected chi connectivity index (χ2v) is 15.2. The summed E-state index contributed by atoms with van der Waals surface area (Å²) in [6.07, 6.45) is -0.0830. The molecule has 4 amide bonds. The highest BCUT2D eigenvalue weighted by atomic mass is 16.6. The number of nitrogens with zero attached hydrogens (tertiary/aromatic N) is 2. The summed E-state index contributed by atoms with van der Waals surface area (Å²) in [4.78, 5) is 68.4. The molecule has 0 radical (unpaired) electrons. The molecular formula is C39H54N4O9. The SMILES string of the molecule is CCOC(=O)[C@@H]1CCN(C(=O)OC(C)(C)C)C[C@H]1c1cccc(NC(=O)Nc2cccc([C@@H]3CN(C(=O)OC(C)(C)C)CC[C@H]3C(=O)OCC)c2)c1. The normalized spacial score (nSPS) is 20.7. The van der Waals surface area contributed by atoms with Crippen LogP contribution in [0.3, 0.4) is 0 Å². The van der Waals surface area contributed by atoms with Gasteiger partial charge in [0.05, 0.1) is 25.0 Å². The van der Waals surface area contributed by atoms with Crippen LogP contribution >= 0.6 is 0 Å². The summed E-state index contributed by atoms with van der Waals surface area (Å²) in [6, 6.07) is 13.9. The van der Waals surface area contributed by atoms with Crippen molar-refractivity contribution < 1.29 is 42.9 Å². The Kier molecular flexibility index (Phi) is 13.2. The number of ether oxygens (including phenoxy) is 4. The van der Waals surface area contributed by atoms with Gasteiger partial charge in [0.15, 0.2) is 0 Å². The minimum atomic E-state index is -0.666. The molecule has 2 heterocycles. The van der Waals surface area contributed by atoms with E-state index in [2.05, 4.69) is 10.6 Å².